The molecule has 0 saturated carbocycles. The average molecular weight is 300 g/mol. The van der Waals surface area contributed by atoms with Crippen LogP contribution in [0.1, 0.15) is 39.3 Å². The van der Waals surface area contributed by atoms with Crippen LogP contribution in [-0.2, 0) is 4.79 Å². The third-order valence-electron chi connectivity index (χ3n) is 2.91. The van der Waals surface area contributed by atoms with Gasteiger partial charge in [0.15, 0.2) is 0 Å². The minimum Gasteiger partial charge on any atom is -0.435 e. The van der Waals surface area contributed by atoms with E-state index < -0.39 is 6.61 Å². The maximum Gasteiger partial charge on any atom is 0.387 e. The van der Waals surface area contributed by atoms with Crippen LogP contribution in [0.4, 0.5) is 8.78 Å². The van der Waals surface area contributed by atoms with Gasteiger partial charge in [-0.25, -0.2) is 0 Å². The van der Waals surface area contributed by atoms with E-state index >= 15 is 0 Å². The highest BCUT2D eigenvalue weighted by molar-refractivity contribution is 5.81. The maximum atomic E-state index is 12.2. The number of rotatable bonds is 7. The Labute approximate surface area is 123 Å². The third-order valence-corrected chi connectivity index (χ3v) is 2.91. The second-order valence-corrected chi connectivity index (χ2v) is 5.22. The molecular weight excluding hydrogens is 278 g/mol. The largest absolute Gasteiger partial charge is 0.435 e. The Balaban J connectivity index is 2.66. The summed E-state index contributed by atoms with van der Waals surface area (Å²) in [5.41, 5.74) is 0.775. The molecule has 1 aromatic carbocycles. The quantitative estimate of drug-likeness (QED) is 0.814. The van der Waals surface area contributed by atoms with Gasteiger partial charge in [0.05, 0.1) is 6.04 Å². The van der Waals surface area contributed by atoms with Gasteiger partial charge in [-0.3, -0.25) is 10.1 Å². The number of alkyl halides is 2. The van der Waals surface area contributed by atoms with Crippen molar-refractivity contribution in [3.8, 4) is 5.75 Å². The van der Waals surface area contributed by atoms with Gasteiger partial charge in [0.1, 0.15) is 5.75 Å². The molecular formula is C15H22F2N2O2. The monoisotopic (exact) mass is 300 g/mol. The molecule has 0 spiro atoms. The minimum atomic E-state index is -2.85. The van der Waals surface area contributed by atoms with Crippen LogP contribution in [-0.4, -0.2) is 24.6 Å². The fourth-order valence-electron chi connectivity index (χ4n) is 1.92. The summed E-state index contributed by atoms with van der Waals surface area (Å²) < 4.78 is 28.8. The Morgan fingerprint density at radius 3 is 2.43 bits per heavy atom. The Kier molecular flexibility index (Phi) is 6.55. The van der Waals surface area contributed by atoms with Crippen molar-refractivity contribution in [3.63, 3.8) is 0 Å². The Hall–Kier alpha value is -1.69. The molecule has 0 aliphatic heterocycles. The van der Waals surface area contributed by atoms with Crippen molar-refractivity contribution >= 4 is 5.91 Å². The van der Waals surface area contributed by atoms with E-state index in [0.717, 1.165) is 5.56 Å². The van der Waals surface area contributed by atoms with Gasteiger partial charge in [-0.1, -0.05) is 12.1 Å². The highest BCUT2D eigenvalue weighted by Crippen LogP contribution is 2.21. The van der Waals surface area contributed by atoms with Crippen LogP contribution < -0.4 is 15.4 Å². The van der Waals surface area contributed by atoms with Crippen LogP contribution >= 0.6 is 0 Å². The summed E-state index contributed by atoms with van der Waals surface area (Å²) >= 11 is 0. The first-order valence-corrected chi connectivity index (χ1v) is 6.90. The number of benzene rings is 1. The van der Waals surface area contributed by atoms with Crippen molar-refractivity contribution in [2.24, 2.45) is 0 Å². The summed E-state index contributed by atoms with van der Waals surface area (Å²) in [6, 6.07) is 5.96. The van der Waals surface area contributed by atoms with Crippen molar-refractivity contribution in [2.75, 3.05) is 0 Å². The molecule has 0 aromatic heterocycles. The fraction of sp³-hybridized carbons (Fsp3) is 0.533. The SMILES string of the molecule is CC(C)NC(=O)C(C)NC(C)c1cccc(OC(F)F)c1. The molecule has 2 N–H and O–H groups in total. The predicted molar refractivity (Wildman–Crippen MR) is 77.4 cm³/mol. The molecule has 1 aromatic rings. The van der Waals surface area contributed by atoms with Crippen molar-refractivity contribution in [1.82, 2.24) is 10.6 Å². The van der Waals surface area contributed by atoms with Gasteiger partial charge in [-0.05, 0) is 45.4 Å². The van der Waals surface area contributed by atoms with Gasteiger partial charge < -0.3 is 10.1 Å². The number of carbonyl (C=O) groups is 1. The number of carbonyl (C=O) groups excluding carboxylic acids is 1. The number of ether oxygens (including phenoxy) is 1. The lowest BCUT2D eigenvalue weighted by Gasteiger charge is -2.21. The minimum absolute atomic E-state index is 0.0693. The maximum absolute atomic E-state index is 12.2. The first-order valence-electron chi connectivity index (χ1n) is 6.90. The highest BCUT2D eigenvalue weighted by atomic mass is 19.3. The van der Waals surface area contributed by atoms with E-state index in [-0.39, 0.29) is 29.8 Å². The molecule has 0 fully saturated rings. The zero-order valence-electron chi connectivity index (χ0n) is 12.7. The lowest BCUT2D eigenvalue weighted by Crippen LogP contribution is -2.45. The molecule has 6 heteroatoms. The molecule has 1 rings (SSSR count). The Morgan fingerprint density at radius 1 is 1.19 bits per heavy atom. The van der Waals surface area contributed by atoms with Crippen molar-refractivity contribution < 1.29 is 18.3 Å². The van der Waals surface area contributed by atoms with Crippen LogP contribution in [0.25, 0.3) is 0 Å². The molecule has 0 bridgehead atoms. The number of hydrogen-bond acceptors (Lipinski definition) is 3. The number of nitrogens with one attached hydrogen (secondary N) is 2. The summed E-state index contributed by atoms with van der Waals surface area (Å²) in [6.07, 6.45) is 0. The number of hydrogen-bond donors (Lipinski definition) is 2. The topological polar surface area (TPSA) is 50.4 Å². The van der Waals surface area contributed by atoms with Crippen LogP contribution in [0.2, 0.25) is 0 Å². The van der Waals surface area contributed by atoms with E-state index in [9.17, 15) is 13.6 Å². The Morgan fingerprint density at radius 2 is 1.86 bits per heavy atom. The molecule has 2 atom stereocenters. The summed E-state index contributed by atoms with van der Waals surface area (Å²) in [7, 11) is 0. The molecule has 0 saturated heterocycles. The molecule has 21 heavy (non-hydrogen) atoms. The molecule has 2 unspecified atom stereocenters. The van der Waals surface area contributed by atoms with Gasteiger partial charge in [-0.15, -0.1) is 0 Å². The number of halogens is 2. The van der Waals surface area contributed by atoms with Crippen LogP contribution in [0.3, 0.4) is 0 Å². The standard InChI is InChI=1S/C15H22F2N2O2/c1-9(2)18-14(20)11(4)19-10(3)12-6-5-7-13(8-12)21-15(16)17/h5-11,15,19H,1-4H3,(H,18,20). The van der Waals surface area contributed by atoms with Crippen LogP contribution in [0.5, 0.6) is 5.75 Å². The first-order chi connectivity index (χ1) is 9.79. The molecule has 1 amide bonds. The average Bonchev–Trinajstić information content (AvgIpc) is 2.37. The molecule has 0 heterocycles. The Bertz CT molecular complexity index is 467. The van der Waals surface area contributed by atoms with Crippen LogP contribution in [0.15, 0.2) is 24.3 Å². The summed E-state index contributed by atoms with van der Waals surface area (Å²) in [5.74, 6) is 0.00673. The second-order valence-electron chi connectivity index (χ2n) is 5.22. The van der Waals surface area contributed by atoms with E-state index in [1.165, 1.54) is 12.1 Å². The van der Waals surface area contributed by atoms with E-state index in [2.05, 4.69) is 15.4 Å². The first kappa shape index (κ1) is 17.4. The number of amides is 1. The summed E-state index contributed by atoms with van der Waals surface area (Å²) in [4.78, 5) is 11.8. The van der Waals surface area contributed by atoms with Crippen LogP contribution in [0, 0.1) is 0 Å². The van der Waals surface area contributed by atoms with Gasteiger partial charge >= 0.3 is 6.61 Å². The third kappa shape index (κ3) is 6.08. The van der Waals surface area contributed by atoms with Crippen molar-refractivity contribution in [3.05, 3.63) is 29.8 Å². The summed E-state index contributed by atoms with van der Waals surface area (Å²) in [5, 5.41) is 5.94. The summed E-state index contributed by atoms with van der Waals surface area (Å²) in [6.45, 7) is 4.55. The van der Waals surface area contributed by atoms with Gasteiger partial charge in [0, 0.05) is 12.1 Å². The molecule has 4 nitrogen and oxygen atoms in total. The van der Waals surface area contributed by atoms with Gasteiger partial charge in [0.25, 0.3) is 0 Å². The van der Waals surface area contributed by atoms with E-state index in [0.29, 0.717) is 0 Å². The lowest BCUT2D eigenvalue weighted by molar-refractivity contribution is -0.123. The van der Waals surface area contributed by atoms with E-state index in [4.69, 9.17) is 0 Å². The zero-order chi connectivity index (χ0) is 16.0. The fourth-order valence-corrected chi connectivity index (χ4v) is 1.92. The normalized spacial score (nSPS) is 14.1. The predicted octanol–water partition coefficient (Wildman–Crippen LogP) is 2.85. The zero-order valence-corrected chi connectivity index (χ0v) is 12.7. The molecule has 0 aliphatic carbocycles. The van der Waals surface area contributed by atoms with Crippen molar-refractivity contribution in [2.45, 2.75) is 52.4 Å². The highest BCUT2D eigenvalue weighted by Gasteiger charge is 2.17. The molecule has 118 valence electrons. The van der Waals surface area contributed by atoms with E-state index in [1.54, 1.807) is 19.1 Å². The molecule has 0 aliphatic rings. The van der Waals surface area contributed by atoms with E-state index in [1.807, 2.05) is 20.8 Å². The van der Waals surface area contributed by atoms with Gasteiger partial charge in [0.2, 0.25) is 5.91 Å². The lowest BCUT2D eigenvalue weighted by atomic mass is 10.1. The second kappa shape index (κ2) is 7.93. The van der Waals surface area contributed by atoms with Crippen molar-refractivity contribution in [1.29, 1.82) is 0 Å². The smallest absolute Gasteiger partial charge is 0.387 e. The molecule has 0 radical (unpaired) electrons. The van der Waals surface area contributed by atoms with Gasteiger partial charge in [-0.2, -0.15) is 8.78 Å².